The second-order valence-electron chi connectivity index (χ2n) is 11.2. The lowest BCUT2D eigenvalue weighted by molar-refractivity contribution is 1.06. The first-order valence-corrected chi connectivity index (χ1v) is 15.5. The zero-order valence-electron chi connectivity index (χ0n) is 46.3. The third kappa shape index (κ3) is 4.54. The molecule has 7 aromatic carbocycles. The second kappa shape index (κ2) is 11.9. The van der Waals surface area contributed by atoms with Crippen LogP contribution in [0.2, 0.25) is 0 Å². The summed E-state index contributed by atoms with van der Waals surface area (Å²) < 4.78 is 178. The Morgan fingerprint density at radius 3 is 1.19 bits per heavy atom. The Kier molecular flexibility index (Phi) is 3.59. The van der Waals surface area contributed by atoms with Gasteiger partial charge in [0.25, 0.3) is 0 Å². The van der Waals surface area contributed by atoms with Crippen molar-refractivity contribution in [3.8, 4) is 45.5 Å². The summed E-state index contributed by atoms with van der Waals surface area (Å²) in [5.41, 5.74) is -2.10. The second-order valence-corrected chi connectivity index (χ2v) is 11.2. The first-order valence-electron chi connectivity index (χ1n) is 25.5. The van der Waals surface area contributed by atoms with E-state index >= 15 is 0 Å². The minimum absolute atomic E-state index is 0.0104. The monoisotopic (exact) mass is 684 g/mol. The first-order chi connectivity index (χ1) is 34.1. The van der Waals surface area contributed by atoms with Gasteiger partial charge in [-0.15, -0.1) is 0 Å². The van der Waals surface area contributed by atoms with E-state index in [1.807, 2.05) is 0 Å². The SMILES string of the molecule is [2H]c1c([2H])c([2H])c(-c2nc(-c3ccccc3-n3c4c([2H])c([2H])c([2H])c([2H])c4c4c([2H])c([2H])c([2H])c([2H])c43)nc(-c3ccccc3-n3c4c([2H])c([2H])c([2H])c([2H])c4c4c([2H])c([2H])c([2H])c([2H])c43)n2)c([N+]#[C-])c1[2H]. The van der Waals surface area contributed by atoms with Crippen LogP contribution >= 0.6 is 0 Å². The third-order valence-electron chi connectivity index (χ3n) is 8.48. The molecule has 0 saturated carbocycles. The van der Waals surface area contributed by atoms with Gasteiger partial charge < -0.3 is 9.13 Å². The average Bonchev–Trinajstić information content (AvgIpc) is 3.94. The molecular weight excluding hydrogens is 637 g/mol. The first kappa shape index (κ1) is 15.7. The summed E-state index contributed by atoms with van der Waals surface area (Å²) in [4.78, 5) is 17.7. The lowest BCUT2D eigenvalue weighted by Crippen LogP contribution is -2.05. The molecule has 0 N–H and O–H groups in total. The molecule has 6 nitrogen and oxygen atoms in total. The van der Waals surface area contributed by atoms with Crippen LogP contribution in [0.15, 0.2) is 169 Å². The molecule has 0 aliphatic heterocycles. The molecule has 0 atom stereocenters. The van der Waals surface area contributed by atoms with Crippen LogP contribution < -0.4 is 0 Å². The van der Waals surface area contributed by atoms with Gasteiger partial charge in [0, 0.05) is 39.6 Å². The van der Waals surface area contributed by atoms with Crippen molar-refractivity contribution in [3.63, 3.8) is 0 Å². The number of rotatable bonds is 5. The molecule has 0 radical (unpaired) electrons. The van der Waals surface area contributed by atoms with Crippen molar-refractivity contribution in [2.24, 2.45) is 0 Å². The van der Waals surface area contributed by atoms with Crippen molar-refractivity contribution < 1.29 is 27.4 Å². The molecule has 0 fully saturated rings. The van der Waals surface area contributed by atoms with Gasteiger partial charge in [-0.25, -0.2) is 19.8 Å². The summed E-state index contributed by atoms with van der Waals surface area (Å²) in [6, 6.07) is -1.19. The number of benzene rings is 7. The molecular formula is C46H28N6. The molecule has 10 aromatic rings. The van der Waals surface area contributed by atoms with Gasteiger partial charge in [-0.1, -0.05) is 121 Å². The maximum atomic E-state index is 9.14. The van der Waals surface area contributed by atoms with E-state index in [1.165, 1.54) is 57.7 Å². The van der Waals surface area contributed by atoms with Gasteiger partial charge in [-0.2, -0.15) is 0 Å². The summed E-state index contributed by atoms with van der Waals surface area (Å²) in [7, 11) is 0. The number of fused-ring (bicyclic) bond motifs is 6. The van der Waals surface area contributed by atoms with Gasteiger partial charge in [0.1, 0.15) is 0 Å². The molecule has 52 heavy (non-hydrogen) atoms. The molecule has 0 amide bonds. The average molecular weight is 685 g/mol. The Balaban J connectivity index is 1.39. The summed E-state index contributed by atoms with van der Waals surface area (Å²) >= 11 is 0. The molecule has 10 rings (SSSR count). The van der Waals surface area contributed by atoms with E-state index in [9.17, 15) is 0 Å². The normalized spacial score (nSPS) is 16.8. The minimum Gasteiger partial charge on any atom is -0.309 e. The van der Waals surface area contributed by atoms with Crippen LogP contribution in [0.3, 0.4) is 0 Å². The Bertz CT molecular complexity index is 3820. The maximum Gasteiger partial charge on any atom is 0.198 e. The zero-order chi connectivity index (χ0) is 52.0. The van der Waals surface area contributed by atoms with Crippen molar-refractivity contribution in [1.29, 1.82) is 0 Å². The van der Waals surface area contributed by atoms with Crippen molar-refractivity contribution in [3.05, 3.63) is 181 Å². The van der Waals surface area contributed by atoms with Gasteiger partial charge in [0.2, 0.25) is 0 Å². The van der Waals surface area contributed by atoms with Crippen LogP contribution in [-0.2, 0) is 0 Å². The van der Waals surface area contributed by atoms with Crippen LogP contribution in [0.1, 0.15) is 27.4 Å². The van der Waals surface area contributed by atoms with Crippen molar-refractivity contribution in [2.45, 2.75) is 0 Å². The quantitative estimate of drug-likeness (QED) is 0.170. The highest BCUT2D eigenvalue weighted by molar-refractivity contribution is 6.10. The van der Waals surface area contributed by atoms with E-state index in [-0.39, 0.29) is 77.8 Å². The van der Waals surface area contributed by atoms with Gasteiger partial charge in [-0.05, 0) is 48.4 Å². The largest absolute Gasteiger partial charge is 0.309 e. The van der Waals surface area contributed by atoms with E-state index in [4.69, 9.17) is 48.9 Å². The van der Waals surface area contributed by atoms with Crippen LogP contribution in [0.4, 0.5) is 5.69 Å². The minimum atomic E-state index is -0.756. The topological polar surface area (TPSA) is 52.9 Å². The van der Waals surface area contributed by atoms with Gasteiger partial charge >= 0.3 is 0 Å². The summed E-state index contributed by atoms with van der Waals surface area (Å²) in [5.74, 6) is -1.16. The number of hydrogen-bond donors (Lipinski definition) is 0. The Morgan fingerprint density at radius 2 is 0.769 bits per heavy atom. The van der Waals surface area contributed by atoms with E-state index in [0.717, 1.165) is 0 Å². The van der Waals surface area contributed by atoms with Crippen LogP contribution in [0.25, 0.3) is 94.0 Å². The van der Waals surface area contributed by atoms with Gasteiger partial charge in [-0.3, -0.25) is 0 Å². The smallest absolute Gasteiger partial charge is 0.198 e. The zero-order valence-corrected chi connectivity index (χ0v) is 26.3. The maximum absolute atomic E-state index is 9.14. The summed E-state index contributed by atoms with van der Waals surface area (Å²) in [6.45, 7) is 8.07. The highest BCUT2D eigenvalue weighted by atomic mass is 15.1. The molecule has 0 unspecified atom stereocenters. The third-order valence-corrected chi connectivity index (χ3v) is 8.48. The van der Waals surface area contributed by atoms with Gasteiger partial charge in [0.15, 0.2) is 23.2 Å². The summed E-state index contributed by atoms with van der Waals surface area (Å²) in [6.07, 6.45) is 0. The fraction of sp³-hybridized carbons (Fsp3) is 0. The number of hydrogen-bond acceptors (Lipinski definition) is 3. The van der Waals surface area contributed by atoms with Crippen LogP contribution in [-0.4, -0.2) is 24.1 Å². The fourth-order valence-corrected chi connectivity index (χ4v) is 6.32. The standard InChI is InChI=1S/C46H28N6/c1-47-37-23-9-2-20-34(37)44-48-45(35-21-7-14-28-42(35)51-38-24-10-3-16-30(38)31-17-4-11-25-39(31)51)50-46(49-44)36-22-8-15-29-43(36)52-40-26-12-5-18-32(40)33-19-6-13-27-41(33)52/h2-29H/i2D,3D,4D,5D,6D,9D,10D,11D,12D,13D,16D,17D,18D,19D,20D,23D,24D,25D,26D,27D. The molecule has 3 aromatic heterocycles. The van der Waals surface area contributed by atoms with E-state index in [0.29, 0.717) is 0 Å². The molecule has 0 spiro atoms. The van der Waals surface area contributed by atoms with Crippen LogP contribution in [0, 0.1) is 6.57 Å². The predicted octanol–water partition coefficient (Wildman–Crippen LogP) is 11.6. The lowest BCUT2D eigenvalue weighted by atomic mass is 10.1. The Hall–Kier alpha value is -7.36. The molecule has 0 aliphatic carbocycles. The summed E-state index contributed by atoms with van der Waals surface area (Å²) in [5, 5.41) is -0.915. The van der Waals surface area contributed by atoms with Gasteiger partial charge in [0.05, 0.1) is 66.1 Å². The predicted molar refractivity (Wildman–Crippen MR) is 211 cm³/mol. The van der Waals surface area contributed by atoms with E-state index in [1.54, 1.807) is 0 Å². The number of aromatic nitrogens is 5. The molecule has 0 aliphatic rings. The Labute approximate surface area is 327 Å². The lowest BCUT2D eigenvalue weighted by Gasteiger charge is -2.16. The number of para-hydroxylation sites is 7. The molecule has 242 valence electrons. The molecule has 3 heterocycles. The van der Waals surface area contributed by atoms with E-state index in [2.05, 4.69) is 4.85 Å². The molecule has 0 bridgehead atoms. The van der Waals surface area contributed by atoms with Crippen molar-refractivity contribution >= 4 is 49.3 Å². The van der Waals surface area contributed by atoms with Crippen LogP contribution in [0.5, 0.6) is 0 Å². The number of nitrogens with zero attached hydrogens (tertiary/aromatic N) is 6. The molecule has 0 saturated heterocycles. The van der Waals surface area contributed by atoms with E-state index < -0.39 is 138 Å². The highest BCUT2D eigenvalue weighted by Crippen LogP contribution is 2.39. The van der Waals surface area contributed by atoms with Crippen molar-refractivity contribution in [1.82, 2.24) is 24.1 Å². The highest BCUT2D eigenvalue weighted by Gasteiger charge is 2.22. The fourth-order valence-electron chi connectivity index (χ4n) is 6.32. The molecule has 6 heteroatoms. The van der Waals surface area contributed by atoms with Crippen molar-refractivity contribution in [2.75, 3.05) is 0 Å². The Morgan fingerprint density at radius 1 is 0.423 bits per heavy atom.